The Balaban J connectivity index is 2.13. The Hall–Kier alpha value is -2.57. The van der Waals surface area contributed by atoms with Gasteiger partial charge in [-0.15, -0.1) is 11.3 Å². The standard InChI is InChI=1S/C19H19N3O2S/c1-11-5-4-6-14(9-11)17-18(25-19(22-17)12(2)23)15-7-8-20-16(10-15)21-13(3)24/h4-10,12,23H,1-3H3,(H,20,21,24). The van der Waals surface area contributed by atoms with E-state index in [2.05, 4.69) is 21.4 Å². The molecule has 25 heavy (non-hydrogen) atoms. The van der Waals surface area contributed by atoms with E-state index in [1.165, 1.54) is 18.3 Å². The largest absolute Gasteiger partial charge is 0.386 e. The number of thiazole rings is 1. The monoisotopic (exact) mass is 353 g/mol. The molecule has 1 unspecified atom stereocenters. The third kappa shape index (κ3) is 3.92. The van der Waals surface area contributed by atoms with Crippen LogP contribution in [0, 0.1) is 6.92 Å². The van der Waals surface area contributed by atoms with Gasteiger partial charge in [0, 0.05) is 18.7 Å². The van der Waals surface area contributed by atoms with Crippen molar-refractivity contribution in [1.82, 2.24) is 9.97 Å². The third-order valence-electron chi connectivity index (χ3n) is 3.62. The molecule has 2 aromatic heterocycles. The maximum Gasteiger partial charge on any atom is 0.222 e. The average Bonchev–Trinajstić information content (AvgIpc) is 3.00. The summed E-state index contributed by atoms with van der Waals surface area (Å²) in [6, 6.07) is 11.8. The quantitative estimate of drug-likeness (QED) is 0.737. The van der Waals surface area contributed by atoms with Crippen molar-refractivity contribution >= 4 is 23.1 Å². The zero-order chi connectivity index (χ0) is 18.0. The molecule has 3 aromatic rings. The molecular formula is C19H19N3O2S. The van der Waals surface area contributed by atoms with E-state index >= 15 is 0 Å². The highest BCUT2D eigenvalue weighted by Gasteiger charge is 2.18. The Labute approximate surface area is 150 Å². The highest BCUT2D eigenvalue weighted by Crippen LogP contribution is 2.39. The first-order valence-corrected chi connectivity index (χ1v) is 8.75. The van der Waals surface area contributed by atoms with E-state index in [0.29, 0.717) is 10.8 Å². The van der Waals surface area contributed by atoms with Crippen molar-refractivity contribution in [2.45, 2.75) is 26.9 Å². The SMILES string of the molecule is CC(=O)Nc1cc(-c2sc(C(C)O)nc2-c2cccc(C)c2)ccn1. The fourth-order valence-corrected chi connectivity index (χ4v) is 3.54. The van der Waals surface area contributed by atoms with E-state index < -0.39 is 6.10 Å². The number of hydrogen-bond donors (Lipinski definition) is 2. The van der Waals surface area contributed by atoms with E-state index in [1.54, 1.807) is 13.1 Å². The number of aryl methyl sites for hydroxylation is 1. The maximum absolute atomic E-state index is 11.3. The molecule has 3 rings (SSSR count). The van der Waals surface area contributed by atoms with Crippen LogP contribution in [0.2, 0.25) is 0 Å². The zero-order valence-corrected chi connectivity index (χ0v) is 15.1. The summed E-state index contributed by atoms with van der Waals surface area (Å²) in [5.41, 5.74) is 3.86. The molecule has 0 saturated carbocycles. The first kappa shape index (κ1) is 17.3. The van der Waals surface area contributed by atoms with Gasteiger partial charge in [-0.3, -0.25) is 4.79 Å². The van der Waals surface area contributed by atoms with E-state index in [0.717, 1.165) is 27.3 Å². The number of carbonyl (C=O) groups is 1. The Kier molecular flexibility index (Phi) is 4.92. The lowest BCUT2D eigenvalue weighted by Gasteiger charge is -2.06. The van der Waals surface area contributed by atoms with Crippen LogP contribution < -0.4 is 5.32 Å². The van der Waals surface area contributed by atoms with Crippen LogP contribution in [0.4, 0.5) is 5.82 Å². The molecule has 0 aliphatic heterocycles. The molecule has 1 aromatic carbocycles. The number of aliphatic hydroxyl groups excluding tert-OH is 1. The fraction of sp³-hybridized carbons (Fsp3) is 0.211. The van der Waals surface area contributed by atoms with Gasteiger partial charge in [0.05, 0.1) is 10.6 Å². The summed E-state index contributed by atoms with van der Waals surface area (Å²) in [6.07, 6.45) is 1.02. The van der Waals surface area contributed by atoms with Gasteiger partial charge in [0.1, 0.15) is 16.9 Å². The van der Waals surface area contributed by atoms with E-state index in [1.807, 2.05) is 37.3 Å². The number of carbonyl (C=O) groups excluding carboxylic acids is 1. The summed E-state index contributed by atoms with van der Waals surface area (Å²) in [5.74, 6) is 0.324. The normalized spacial score (nSPS) is 12.0. The minimum Gasteiger partial charge on any atom is -0.386 e. The molecule has 0 aliphatic rings. The molecule has 2 heterocycles. The Morgan fingerprint density at radius 2 is 2.04 bits per heavy atom. The number of rotatable bonds is 4. The van der Waals surface area contributed by atoms with Gasteiger partial charge >= 0.3 is 0 Å². The zero-order valence-electron chi connectivity index (χ0n) is 14.3. The van der Waals surface area contributed by atoms with Gasteiger partial charge in [0.15, 0.2) is 0 Å². The highest BCUT2D eigenvalue weighted by atomic mass is 32.1. The van der Waals surface area contributed by atoms with Gasteiger partial charge in [-0.2, -0.15) is 0 Å². The molecule has 5 nitrogen and oxygen atoms in total. The second kappa shape index (κ2) is 7.13. The van der Waals surface area contributed by atoms with Crippen molar-refractivity contribution in [2.75, 3.05) is 5.32 Å². The molecule has 6 heteroatoms. The minimum atomic E-state index is -0.640. The van der Waals surface area contributed by atoms with Gasteiger partial charge in [0.2, 0.25) is 5.91 Å². The van der Waals surface area contributed by atoms with E-state index in [-0.39, 0.29) is 5.91 Å². The summed E-state index contributed by atoms with van der Waals surface area (Å²) < 4.78 is 0. The average molecular weight is 353 g/mol. The van der Waals surface area contributed by atoms with Gasteiger partial charge in [-0.25, -0.2) is 9.97 Å². The van der Waals surface area contributed by atoms with Crippen molar-refractivity contribution in [3.63, 3.8) is 0 Å². The number of nitrogens with one attached hydrogen (secondary N) is 1. The van der Waals surface area contributed by atoms with E-state index in [4.69, 9.17) is 0 Å². The number of pyridine rings is 1. The Morgan fingerprint density at radius 1 is 1.24 bits per heavy atom. The molecule has 1 amide bonds. The molecule has 0 radical (unpaired) electrons. The Bertz CT molecular complexity index is 919. The van der Waals surface area contributed by atoms with Crippen LogP contribution in [-0.4, -0.2) is 21.0 Å². The topological polar surface area (TPSA) is 75.1 Å². The number of aromatic nitrogens is 2. The second-order valence-corrected chi connectivity index (χ2v) is 6.92. The molecule has 0 aliphatic carbocycles. The number of hydrogen-bond acceptors (Lipinski definition) is 5. The van der Waals surface area contributed by atoms with Crippen LogP contribution in [0.5, 0.6) is 0 Å². The second-order valence-electron chi connectivity index (χ2n) is 5.89. The van der Waals surface area contributed by atoms with Crippen LogP contribution in [-0.2, 0) is 4.79 Å². The summed E-state index contributed by atoms with van der Waals surface area (Å²) >= 11 is 1.45. The van der Waals surface area contributed by atoms with Crippen molar-refractivity contribution < 1.29 is 9.90 Å². The summed E-state index contributed by atoms with van der Waals surface area (Å²) in [6.45, 7) is 5.19. The van der Waals surface area contributed by atoms with Crippen molar-refractivity contribution in [1.29, 1.82) is 0 Å². The molecule has 128 valence electrons. The molecular weight excluding hydrogens is 334 g/mol. The van der Waals surface area contributed by atoms with Gasteiger partial charge in [-0.1, -0.05) is 23.8 Å². The van der Waals surface area contributed by atoms with Crippen LogP contribution in [0.25, 0.3) is 21.7 Å². The van der Waals surface area contributed by atoms with Gasteiger partial charge in [0.25, 0.3) is 0 Å². The summed E-state index contributed by atoms with van der Waals surface area (Å²) in [4.78, 5) is 21.0. The number of aliphatic hydroxyl groups is 1. The van der Waals surface area contributed by atoms with Crippen molar-refractivity contribution in [3.8, 4) is 21.7 Å². The Morgan fingerprint density at radius 3 is 2.72 bits per heavy atom. The van der Waals surface area contributed by atoms with Crippen LogP contribution in [0.15, 0.2) is 42.6 Å². The number of anilines is 1. The molecule has 0 bridgehead atoms. The van der Waals surface area contributed by atoms with E-state index in [9.17, 15) is 9.90 Å². The first-order chi connectivity index (χ1) is 11.9. The number of amides is 1. The molecule has 0 spiro atoms. The summed E-state index contributed by atoms with van der Waals surface area (Å²) in [5, 5.41) is 13.3. The minimum absolute atomic E-state index is 0.169. The lowest BCUT2D eigenvalue weighted by atomic mass is 10.1. The highest BCUT2D eigenvalue weighted by molar-refractivity contribution is 7.15. The number of nitrogens with zero attached hydrogens (tertiary/aromatic N) is 2. The molecule has 2 N–H and O–H groups in total. The van der Waals surface area contributed by atoms with Gasteiger partial charge in [-0.05, 0) is 37.6 Å². The lowest BCUT2D eigenvalue weighted by Crippen LogP contribution is -2.07. The fourth-order valence-electron chi connectivity index (χ4n) is 2.52. The predicted octanol–water partition coefficient (Wildman–Crippen LogP) is 4.19. The lowest BCUT2D eigenvalue weighted by molar-refractivity contribution is -0.114. The van der Waals surface area contributed by atoms with Gasteiger partial charge < -0.3 is 10.4 Å². The molecule has 1 atom stereocenters. The van der Waals surface area contributed by atoms with Crippen LogP contribution in [0.1, 0.15) is 30.5 Å². The molecule has 0 saturated heterocycles. The van der Waals surface area contributed by atoms with Crippen LogP contribution >= 0.6 is 11.3 Å². The first-order valence-electron chi connectivity index (χ1n) is 7.94. The number of benzene rings is 1. The van der Waals surface area contributed by atoms with Crippen molar-refractivity contribution in [2.24, 2.45) is 0 Å². The third-order valence-corrected chi connectivity index (χ3v) is 4.89. The molecule has 0 fully saturated rings. The predicted molar refractivity (Wildman–Crippen MR) is 100 cm³/mol. The van der Waals surface area contributed by atoms with Crippen molar-refractivity contribution in [3.05, 3.63) is 53.2 Å². The summed E-state index contributed by atoms with van der Waals surface area (Å²) in [7, 11) is 0. The van der Waals surface area contributed by atoms with Crippen LogP contribution in [0.3, 0.4) is 0 Å². The maximum atomic E-state index is 11.3. The smallest absolute Gasteiger partial charge is 0.222 e.